The largest absolute Gasteiger partial charge is 0.410 e. The van der Waals surface area contributed by atoms with Crippen molar-refractivity contribution in [1.82, 2.24) is 5.32 Å². The number of nitrogens with zero attached hydrogens (tertiary/aromatic N) is 1. The van der Waals surface area contributed by atoms with Gasteiger partial charge in [-0.2, -0.15) is 13.2 Å². The number of alkyl halides is 3. The highest BCUT2D eigenvalue weighted by Gasteiger charge is 2.46. The van der Waals surface area contributed by atoms with E-state index in [1.165, 1.54) is 11.3 Å². The maximum atomic E-state index is 12.8. The number of nitrogens with one attached hydrogen (secondary N) is 1. The molecule has 1 fully saturated rings. The van der Waals surface area contributed by atoms with Crippen molar-refractivity contribution in [2.24, 2.45) is 0 Å². The van der Waals surface area contributed by atoms with E-state index in [9.17, 15) is 18.0 Å². The number of halogens is 3. The Hall–Kier alpha value is -1.24. The first-order chi connectivity index (χ1) is 7.88. The van der Waals surface area contributed by atoms with Crippen molar-refractivity contribution in [2.75, 3.05) is 18.0 Å². The third-order valence-corrected chi connectivity index (χ3v) is 3.61. The van der Waals surface area contributed by atoms with E-state index in [1.54, 1.807) is 12.1 Å². The molecule has 0 radical (unpaired) electrons. The lowest BCUT2D eigenvalue weighted by molar-refractivity contribution is -0.152. The lowest BCUT2D eigenvalue weighted by Crippen LogP contribution is -2.60. The minimum atomic E-state index is -4.34. The lowest BCUT2D eigenvalue weighted by Gasteiger charge is -2.37. The first-order valence-corrected chi connectivity index (χ1v) is 5.86. The van der Waals surface area contributed by atoms with Gasteiger partial charge in [0.15, 0.2) is 0 Å². The summed E-state index contributed by atoms with van der Waals surface area (Å²) in [6.07, 6.45) is -4.34. The molecule has 17 heavy (non-hydrogen) atoms. The molecule has 94 valence electrons. The normalized spacial score (nSPS) is 21.5. The Morgan fingerprint density at radius 3 is 2.71 bits per heavy atom. The molecule has 0 saturated carbocycles. The van der Waals surface area contributed by atoms with Crippen molar-refractivity contribution >= 4 is 22.2 Å². The summed E-state index contributed by atoms with van der Waals surface area (Å²) >= 11 is 1.26. The summed E-state index contributed by atoms with van der Waals surface area (Å²) < 4.78 is 38.5. The average Bonchev–Trinajstić information content (AvgIpc) is 2.62. The predicted molar refractivity (Wildman–Crippen MR) is 59.3 cm³/mol. The van der Waals surface area contributed by atoms with E-state index in [0.29, 0.717) is 5.00 Å². The van der Waals surface area contributed by atoms with Gasteiger partial charge in [0.25, 0.3) is 0 Å². The maximum absolute atomic E-state index is 12.8. The molecular formula is C10H11F3N2OS. The van der Waals surface area contributed by atoms with Gasteiger partial charge in [0, 0.05) is 11.4 Å². The molecule has 1 aromatic heterocycles. The van der Waals surface area contributed by atoms with Crippen LogP contribution in [0.4, 0.5) is 18.2 Å². The summed E-state index contributed by atoms with van der Waals surface area (Å²) in [4.78, 5) is 13.3. The summed E-state index contributed by atoms with van der Waals surface area (Å²) in [5.41, 5.74) is 0. The van der Waals surface area contributed by atoms with Crippen molar-refractivity contribution in [3.05, 3.63) is 17.0 Å². The number of carbonyl (C=O) groups excluding carboxylic acids is 1. The first-order valence-electron chi connectivity index (χ1n) is 5.04. The highest BCUT2D eigenvalue weighted by Crippen LogP contribution is 2.33. The van der Waals surface area contributed by atoms with Crippen LogP contribution in [0.3, 0.4) is 0 Å². The minimum Gasteiger partial charge on any atom is -0.352 e. The first kappa shape index (κ1) is 12.2. The van der Waals surface area contributed by atoms with Crippen molar-refractivity contribution in [3.63, 3.8) is 0 Å². The van der Waals surface area contributed by atoms with Crippen LogP contribution in [-0.2, 0) is 4.79 Å². The van der Waals surface area contributed by atoms with Gasteiger partial charge in [0.1, 0.15) is 6.04 Å². The second-order valence-electron chi connectivity index (χ2n) is 3.87. The van der Waals surface area contributed by atoms with Gasteiger partial charge < -0.3 is 10.2 Å². The highest BCUT2D eigenvalue weighted by atomic mass is 32.1. The number of amides is 1. The van der Waals surface area contributed by atoms with E-state index < -0.39 is 12.2 Å². The number of anilines is 1. The second-order valence-corrected chi connectivity index (χ2v) is 5.14. The summed E-state index contributed by atoms with van der Waals surface area (Å²) in [6, 6.07) is 1.73. The molecule has 7 heteroatoms. The predicted octanol–water partition coefficient (Wildman–Crippen LogP) is 1.92. The topological polar surface area (TPSA) is 32.3 Å². The van der Waals surface area contributed by atoms with Crippen molar-refractivity contribution < 1.29 is 18.0 Å². The molecule has 2 heterocycles. The highest BCUT2D eigenvalue weighted by molar-refractivity contribution is 7.16. The van der Waals surface area contributed by atoms with Gasteiger partial charge in [0.2, 0.25) is 5.91 Å². The monoisotopic (exact) mass is 264 g/mol. The summed E-state index contributed by atoms with van der Waals surface area (Å²) in [5, 5.41) is 2.74. The van der Waals surface area contributed by atoms with Crippen LogP contribution in [0.25, 0.3) is 0 Å². The quantitative estimate of drug-likeness (QED) is 0.840. The Morgan fingerprint density at radius 1 is 1.47 bits per heavy atom. The molecule has 0 bridgehead atoms. The number of hydrogen-bond acceptors (Lipinski definition) is 3. The van der Waals surface area contributed by atoms with Crippen LogP contribution < -0.4 is 10.2 Å². The zero-order valence-corrected chi connectivity index (χ0v) is 9.86. The molecule has 1 amide bonds. The number of carbonyl (C=O) groups is 1. The van der Waals surface area contributed by atoms with Gasteiger partial charge >= 0.3 is 6.18 Å². The Balaban J connectivity index is 2.29. The van der Waals surface area contributed by atoms with Gasteiger partial charge in [-0.05, 0) is 19.1 Å². The van der Waals surface area contributed by atoms with E-state index in [0.717, 1.165) is 9.78 Å². The Labute approximate surface area is 100 Å². The number of piperazine rings is 1. The molecular weight excluding hydrogens is 253 g/mol. The van der Waals surface area contributed by atoms with Gasteiger partial charge in [0.05, 0.1) is 11.5 Å². The molecule has 1 unspecified atom stereocenters. The Bertz CT molecular complexity index is 429. The van der Waals surface area contributed by atoms with E-state index in [2.05, 4.69) is 5.32 Å². The van der Waals surface area contributed by atoms with E-state index in [4.69, 9.17) is 0 Å². The van der Waals surface area contributed by atoms with Gasteiger partial charge in [-0.25, -0.2) is 0 Å². The summed E-state index contributed by atoms with van der Waals surface area (Å²) in [5.74, 6) is -0.378. The lowest BCUT2D eigenvalue weighted by atomic mass is 10.2. The van der Waals surface area contributed by atoms with Gasteiger partial charge in [-0.15, -0.1) is 11.3 Å². The fourth-order valence-corrected chi connectivity index (χ4v) is 2.65. The van der Waals surface area contributed by atoms with Crippen LogP contribution in [0, 0.1) is 6.92 Å². The maximum Gasteiger partial charge on any atom is 0.410 e. The summed E-state index contributed by atoms with van der Waals surface area (Å²) in [7, 11) is 0. The molecule has 2 rings (SSSR count). The fourth-order valence-electron chi connectivity index (χ4n) is 1.74. The molecule has 1 atom stereocenters. The van der Waals surface area contributed by atoms with Gasteiger partial charge in [-0.1, -0.05) is 0 Å². The number of hydrogen-bond donors (Lipinski definition) is 1. The number of aryl methyl sites for hydroxylation is 1. The number of thiophene rings is 1. The molecule has 3 nitrogen and oxygen atoms in total. The zero-order valence-electron chi connectivity index (χ0n) is 9.04. The zero-order chi connectivity index (χ0) is 12.6. The number of rotatable bonds is 1. The molecule has 0 aromatic carbocycles. The molecule has 0 spiro atoms. The van der Waals surface area contributed by atoms with Crippen LogP contribution in [0.1, 0.15) is 4.88 Å². The van der Waals surface area contributed by atoms with E-state index >= 15 is 0 Å². The average molecular weight is 264 g/mol. The van der Waals surface area contributed by atoms with E-state index in [1.807, 2.05) is 6.92 Å². The standard InChI is InChI=1S/C10H11F3N2OS/c1-6-2-3-9(17-6)15-5-8(16)14-4-7(15)10(11,12)13/h2-3,7H,4-5H2,1H3,(H,14,16). The third-order valence-electron chi connectivity index (χ3n) is 2.57. The van der Waals surface area contributed by atoms with Crippen molar-refractivity contribution in [1.29, 1.82) is 0 Å². The van der Waals surface area contributed by atoms with Crippen LogP contribution >= 0.6 is 11.3 Å². The van der Waals surface area contributed by atoms with Crippen LogP contribution in [0.5, 0.6) is 0 Å². The van der Waals surface area contributed by atoms with Crippen LogP contribution in [-0.4, -0.2) is 31.2 Å². The Morgan fingerprint density at radius 2 is 2.18 bits per heavy atom. The minimum absolute atomic E-state index is 0.246. The molecule has 1 N–H and O–H groups in total. The van der Waals surface area contributed by atoms with Gasteiger partial charge in [-0.3, -0.25) is 4.79 Å². The molecule has 1 aliphatic rings. The Kier molecular flexibility index (Phi) is 3.03. The molecule has 1 aromatic rings. The smallest absolute Gasteiger partial charge is 0.352 e. The molecule has 1 saturated heterocycles. The molecule has 1 aliphatic heterocycles. The third kappa shape index (κ3) is 2.54. The van der Waals surface area contributed by atoms with Crippen LogP contribution in [0.15, 0.2) is 12.1 Å². The van der Waals surface area contributed by atoms with Crippen molar-refractivity contribution in [3.8, 4) is 0 Å². The van der Waals surface area contributed by atoms with Crippen LogP contribution in [0.2, 0.25) is 0 Å². The van der Waals surface area contributed by atoms with Crippen molar-refractivity contribution in [2.45, 2.75) is 19.1 Å². The van der Waals surface area contributed by atoms with E-state index in [-0.39, 0.29) is 19.0 Å². The second kappa shape index (κ2) is 4.21. The fraction of sp³-hybridized carbons (Fsp3) is 0.500. The SMILES string of the molecule is Cc1ccc(N2CC(=O)NCC2C(F)(F)F)s1. The summed E-state index contributed by atoms with van der Waals surface area (Å²) in [6.45, 7) is 1.18. The molecule has 0 aliphatic carbocycles.